The van der Waals surface area contributed by atoms with Gasteiger partial charge in [-0.25, -0.2) is 4.79 Å². The lowest BCUT2D eigenvalue weighted by Gasteiger charge is -2.28. The van der Waals surface area contributed by atoms with Crippen molar-refractivity contribution >= 4 is 35.5 Å². The van der Waals surface area contributed by atoms with Crippen molar-refractivity contribution < 1.29 is 24.3 Å². The second kappa shape index (κ2) is 13.4. The molecule has 168 valence electrons. The number of carboxylic acids is 1. The van der Waals surface area contributed by atoms with Crippen molar-refractivity contribution in [3.63, 3.8) is 0 Å². The maximum atomic E-state index is 12.8. The maximum absolute atomic E-state index is 12.8. The maximum Gasteiger partial charge on any atom is 0.326 e. The largest absolute Gasteiger partial charge is 0.480 e. The lowest BCUT2D eigenvalue weighted by molar-refractivity contribution is -0.144. The SMILES string of the molecule is CCC(C)C(NC(=O)C(NC(=O)C(CCSC)NC(=O)C(C)N)C(C)C)C(=O)O. The third-order valence-electron chi connectivity index (χ3n) is 4.68. The van der Waals surface area contributed by atoms with Crippen LogP contribution in [0, 0.1) is 11.8 Å². The third kappa shape index (κ3) is 9.49. The molecular weight excluding hydrogens is 396 g/mol. The first-order chi connectivity index (χ1) is 13.5. The molecule has 0 radical (unpaired) electrons. The Kier molecular flexibility index (Phi) is 12.6. The molecule has 5 atom stereocenters. The number of carbonyl (C=O) groups is 4. The molecule has 0 aromatic heterocycles. The highest BCUT2D eigenvalue weighted by atomic mass is 32.2. The van der Waals surface area contributed by atoms with Crippen LogP contribution in [0.2, 0.25) is 0 Å². The molecule has 0 rings (SSSR count). The minimum atomic E-state index is -1.12. The zero-order valence-electron chi connectivity index (χ0n) is 18.2. The van der Waals surface area contributed by atoms with Crippen LogP contribution in [0.3, 0.4) is 0 Å². The van der Waals surface area contributed by atoms with Crippen molar-refractivity contribution in [1.29, 1.82) is 0 Å². The van der Waals surface area contributed by atoms with E-state index in [0.29, 0.717) is 18.6 Å². The monoisotopic (exact) mass is 432 g/mol. The molecule has 10 heteroatoms. The van der Waals surface area contributed by atoms with Crippen molar-refractivity contribution in [2.75, 3.05) is 12.0 Å². The van der Waals surface area contributed by atoms with Crippen LogP contribution in [-0.2, 0) is 19.2 Å². The lowest BCUT2D eigenvalue weighted by atomic mass is 9.97. The number of carbonyl (C=O) groups excluding carboxylic acids is 3. The number of carboxylic acid groups (broad SMARTS) is 1. The van der Waals surface area contributed by atoms with E-state index in [2.05, 4.69) is 16.0 Å². The Labute approximate surface area is 177 Å². The predicted molar refractivity (Wildman–Crippen MR) is 114 cm³/mol. The van der Waals surface area contributed by atoms with Crippen LogP contribution in [0.1, 0.15) is 47.5 Å². The van der Waals surface area contributed by atoms with Gasteiger partial charge in [0.05, 0.1) is 6.04 Å². The van der Waals surface area contributed by atoms with Gasteiger partial charge < -0.3 is 26.8 Å². The third-order valence-corrected chi connectivity index (χ3v) is 5.32. The fourth-order valence-corrected chi connectivity index (χ4v) is 2.99. The van der Waals surface area contributed by atoms with Crippen molar-refractivity contribution in [1.82, 2.24) is 16.0 Å². The Balaban J connectivity index is 5.34. The van der Waals surface area contributed by atoms with Gasteiger partial charge in [-0.2, -0.15) is 11.8 Å². The second-order valence-electron chi connectivity index (χ2n) is 7.57. The molecule has 29 heavy (non-hydrogen) atoms. The normalized spacial score (nSPS) is 16.3. The van der Waals surface area contributed by atoms with Crippen LogP contribution in [0.25, 0.3) is 0 Å². The Morgan fingerprint density at radius 2 is 1.48 bits per heavy atom. The molecule has 0 aliphatic rings. The lowest BCUT2D eigenvalue weighted by Crippen LogP contribution is -2.59. The van der Waals surface area contributed by atoms with Crippen LogP contribution >= 0.6 is 11.8 Å². The minimum absolute atomic E-state index is 0.264. The van der Waals surface area contributed by atoms with Crippen LogP contribution < -0.4 is 21.7 Å². The van der Waals surface area contributed by atoms with Crippen molar-refractivity contribution in [2.45, 2.75) is 71.6 Å². The van der Waals surface area contributed by atoms with E-state index in [1.807, 2.05) is 13.2 Å². The van der Waals surface area contributed by atoms with E-state index in [1.54, 1.807) is 20.8 Å². The summed E-state index contributed by atoms with van der Waals surface area (Å²) in [5.41, 5.74) is 5.57. The number of nitrogens with two attached hydrogens (primary N) is 1. The quantitative estimate of drug-likeness (QED) is 0.281. The van der Waals surface area contributed by atoms with Gasteiger partial charge in [0.2, 0.25) is 17.7 Å². The molecule has 0 aromatic carbocycles. The van der Waals surface area contributed by atoms with Gasteiger partial charge in [0.25, 0.3) is 0 Å². The molecule has 0 saturated heterocycles. The van der Waals surface area contributed by atoms with E-state index in [-0.39, 0.29) is 11.8 Å². The van der Waals surface area contributed by atoms with Gasteiger partial charge in [-0.1, -0.05) is 34.1 Å². The van der Waals surface area contributed by atoms with E-state index in [0.717, 1.165) is 0 Å². The van der Waals surface area contributed by atoms with E-state index in [1.165, 1.54) is 18.7 Å². The Morgan fingerprint density at radius 3 is 1.90 bits per heavy atom. The van der Waals surface area contributed by atoms with Crippen LogP contribution in [0.4, 0.5) is 0 Å². The first-order valence-corrected chi connectivity index (χ1v) is 11.2. The van der Waals surface area contributed by atoms with E-state index >= 15 is 0 Å². The zero-order chi connectivity index (χ0) is 22.7. The van der Waals surface area contributed by atoms with Gasteiger partial charge in [0.1, 0.15) is 18.1 Å². The summed E-state index contributed by atoms with van der Waals surface area (Å²) in [4.78, 5) is 48.9. The smallest absolute Gasteiger partial charge is 0.326 e. The number of thioether (sulfide) groups is 1. The van der Waals surface area contributed by atoms with Gasteiger partial charge in [-0.15, -0.1) is 0 Å². The number of hydrogen-bond donors (Lipinski definition) is 5. The number of rotatable bonds is 13. The summed E-state index contributed by atoms with van der Waals surface area (Å²) in [5.74, 6) is -2.57. The first kappa shape index (κ1) is 27.2. The van der Waals surface area contributed by atoms with Crippen molar-refractivity contribution in [3.05, 3.63) is 0 Å². The Hall–Kier alpha value is -1.81. The van der Waals surface area contributed by atoms with Gasteiger partial charge >= 0.3 is 5.97 Å². The Bertz CT molecular complexity index is 571. The highest BCUT2D eigenvalue weighted by Crippen LogP contribution is 2.11. The fraction of sp³-hybridized carbons (Fsp3) is 0.789. The van der Waals surface area contributed by atoms with Gasteiger partial charge in [-0.3, -0.25) is 14.4 Å². The molecule has 3 amide bonds. The molecule has 0 heterocycles. The number of hydrogen-bond acceptors (Lipinski definition) is 6. The number of aliphatic carboxylic acids is 1. The zero-order valence-corrected chi connectivity index (χ0v) is 19.0. The summed E-state index contributed by atoms with van der Waals surface area (Å²) in [5, 5.41) is 17.2. The predicted octanol–water partition coefficient (Wildman–Crippen LogP) is 0.328. The average molecular weight is 433 g/mol. The molecule has 0 aliphatic heterocycles. The Morgan fingerprint density at radius 1 is 0.931 bits per heavy atom. The summed E-state index contributed by atoms with van der Waals surface area (Å²) < 4.78 is 0. The van der Waals surface area contributed by atoms with Crippen molar-refractivity contribution in [2.24, 2.45) is 17.6 Å². The summed E-state index contributed by atoms with van der Waals surface area (Å²) in [6.07, 6.45) is 2.84. The van der Waals surface area contributed by atoms with Crippen LogP contribution in [-0.4, -0.2) is 65.0 Å². The van der Waals surface area contributed by atoms with Crippen molar-refractivity contribution in [3.8, 4) is 0 Å². The van der Waals surface area contributed by atoms with Gasteiger partial charge in [0, 0.05) is 0 Å². The molecule has 5 unspecified atom stereocenters. The van der Waals surface area contributed by atoms with E-state index in [9.17, 15) is 24.3 Å². The highest BCUT2D eigenvalue weighted by molar-refractivity contribution is 7.98. The van der Waals surface area contributed by atoms with Crippen LogP contribution in [0.15, 0.2) is 0 Å². The minimum Gasteiger partial charge on any atom is -0.480 e. The molecule has 0 bridgehead atoms. The molecular formula is C19H36N4O5S. The molecule has 0 fully saturated rings. The number of nitrogens with one attached hydrogen (secondary N) is 3. The molecule has 0 aromatic rings. The second-order valence-corrected chi connectivity index (χ2v) is 8.56. The average Bonchev–Trinajstić information content (AvgIpc) is 2.65. The van der Waals surface area contributed by atoms with Crippen LogP contribution in [0.5, 0.6) is 0 Å². The van der Waals surface area contributed by atoms with Gasteiger partial charge in [0.15, 0.2) is 0 Å². The molecule has 9 nitrogen and oxygen atoms in total. The summed E-state index contributed by atoms with van der Waals surface area (Å²) in [6.45, 7) is 8.60. The standard InChI is InChI=1S/C19H36N4O5S/c1-7-11(4)15(19(27)28)23-18(26)14(10(2)3)22-17(25)13(8-9-29-6)21-16(24)12(5)20/h10-15H,7-9,20H2,1-6H3,(H,21,24)(H,22,25)(H,23,26)(H,27,28). The molecule has 0 aliphatic carbocycles. The molecule has 0 spiro atoms. The van der Waals surface area contributed by atoms with Gasteiger partial charge in [-0.05, 0) is 37.2 Å². The molecule has 6 N–H and O–H groups in total. The van der Waals surface area contributed by atoms with E-state index in [4.69, 9.17) is 5.73 Å². The number of amides is 3. The first-order valence-electron chi connectivity index (χ1n) is 9.84. The highest BCUT2D eigenvalue weighted by Gasteiger charge is 2.32. The van der Waals surface area contributed by atoms with E-state index < -0.39 is 47.9 Å². The molecule has 0 saturated carbocycles. The summed E-state index contributed by atoms with van der Waals surface area (Å²) >= 11 is 1.52. The summed E-state index contributed by atoms with van der Waals surface area (Å²) in [6, 6.07) is -3.58. The summed E-state index contributed by atoms with van der Waals surface area (Å²) in [7, 11) is 0. The fourth-order valence-electron chi connectivity index (χ4n) is 2.52. The topological polar surface area (TPSA) is 151 Å².